The summed E-state index contributed by atoms with van der Waals surface area (Å²) in [6, 6.07) is 5.57. The first-order chi connectivity index (χ1) is 16.6. The Labute approximate surface area is 200 Å². The minimum atomic E-state index is -4.44. The van der Waals surface area contributed by atoms with Gasteiger partial charge in [0.05, 0.1) is 22.8 Å². The summed E-state index contributed by atoms with van der Waals surface area (Å²) < 4.78 is 52.8. The largest absolute Gasteiger partial charge is 0.416 e. The van der Waals surface area contributed by atoms with Crippen LogP contribution in [0.2, 0.25) is 0 Å². The molecule has 184 valence electrons. The fraction of sp³-hybridized carbons (Fsp3) is 0.360. The molecule has 2 aromatic heterocycles. The Balaban J connectivity index is 1.67. The van der Waals surface area contributed by atoms with E-state index in [-0.39, 0.29) is 5.56 Å². The number of carbonyl (C=O) groups excluding carboxylic acids is 1. The molecule has 1 aliphatic heterocycles. The van der Waals surface area contributed by atoms with Crippen LogP contribution >= 0.6 is 0 Å². The average Bonchev–Trinajstić information content (AvgIpc) is 2.84. The first kappa shape index (κ1) is 24.6. The van der Waals surface area contributed by atoms with Crippen LogP contribution in [0.25, 0.3) is 16.5 Å². The van der Waals surface area contributed by atoms with E-state index in [1.165, 1.54) is 17.9 Å². The van der Waals surface area contributed by atoms with E-state index in [0.717, 1.165) is 17.2 Å². The predicted molar refractivity (Wildman–Crippen MR) is 125 cm³/mol. The second kappa shape index (κ2) is 9.59. The van der Waals surface area contributed by atoms with Gasteiger partial charge in [-0.15, -0.1) is 5.10 Å². The van der Waals surface area contributed by atoms with Crippen molar-refractivity contribution in [2.45, 2.75) is 39.4 Å². The van der Waals surface area contributed by atoms with Gasteiger partial charge in [-0.3, -0.25) is 9.78 Å². The number of hydrogen-bond acceptors (Lipinski definition) is 5. The number of anilines is 1. The summed E-state index contributed by atoms with van der Waals surface area (Å²) in [5.41, 5.74) is 3.06. The standard InChI is InChI=1S/C25H25F4N5O/c1-14-19(5-4-6-21(14)25(27,28)29)15(2)31-24-20-11-18(13-30-23(20)16(3)32-33-24)17-7-9-34(10-8-17)22(35)12-26/h4-7,11,13,15H,8-10,12H2,1-3H3,(H,31,33)/t15-/m1/s1. The molecule has 0 aliphatic carbocycles. The normalized spacial score (nSPS) is 15.2. The van der Waals surface area contributed by atoms with E-state index in [0.29, 0.717) is 47.5 Å². The van der Waals surface area contributed by atoms with Gasteiger partial charge in [0, 0.05) is 24.7 Å². The van der Waals surface area contributed by atoms with E-state index >= 15 is 0 Å². The van der Waals surface area contributed by atoms with Crippen LogP contribution in [0.4, 0.5) is 23.4 Å². The maximum atomic E-state index is 13.4. The molecule has 0 saturated heterocycles. The SMILES string of the molecule is Cc1c([C@@H](C)Nc2nnc(C)c3ncc(C4=CCN(C(=O)CF)CC4)cc23)cccc1C(F)(F)F. The Bertz CT molecular complexity index is 1300. The summed E-state index contributed by atoms with van der Waals surface area (Å²) in [7, 11) is 0. The number of pyridine rings is 1. The molecule has 0 saturated carbocycles. The highest BCUT2D eigenvalue weighted by Crippen LogP contribution is 2.36. The lowest BCUT2D eigenvalue weighted by Crippen LogP contribution is -2.35. The second-order valence-electron chi connectivity index (χ2n) is 8.59. The topological polar surface area (TPSA) is 71.0 Å². The Kier molecular flexibility index (Phi) is 6.73. The van der Waals surface area contributed by atoms with Gasteiger partial charge in [-0.1, -0.05) is 18.2 Å². The van der Waals surface area contributed by atoms with E-state index in [2.05, 4.69) is 20.5 Å². The average molecular weight is 488 g/mol. The fourth-order valence-electron chi connectivity index (χ4n) is 4.40. The number of carbonyl (C=O) groups is 1. The molecule has 10 heteroatoms. The lowest BCUT2D eigenvalue weighted by Gasteiger charge is -2.26. The summed E-state index contributed by atoms with van der Waals surface area (Å²) in [6.07, 6.45) is -0.283. The Morgan fingerprint density at radius 3 is 2.66 bits per heavy atom. The molecule has 4 rings (SSSR count). The number of hydrogen-bond donors (Lipinski definition) is 1. The van der Waals surface area contributed by atoms with Crippen molar-refractivity contribution >= 4 is 28.2 Å². The fourth-order valence-corrected chi connectivity index (χ4v) is 4.40. The molecule has 6 nitrogen and oxygen atoms in total. The minimum absolute atomic E-state index is 0.155. The summed E-state index contributed by atoms with van der Waals surface area (Å²) in [6.45, 7) is 4.73. The number of nitrogens with zero attached hydrogens (tertiary/aromatic N) is 4. The number of benzene rings is 1. The first-order valence-electron chi connectivity index (χ1n) is 11.2. The molecular weight excluding hydrogens is 462 g/mol. The molecule has 35 heavy (non-hydrogen) atoms. The van der Waals surface area contributed by atoms with E-state index in [4.69, 9.17) is 0 Å². The zero-order chi connectivity index (χ0) is 25.3. The minimum Gasteiger partial charge on any atom is -0.361 e. The van der Waals surface area contributed by atoms with Gasteiger partial charge in [0.25, 0.3) is 5.91 Å². The summed E-state index contributed by atoms with van der Waals surface area (Å²) in [5.74, 6) is -0.122. The summed E-state index contributed by atoms with van der Waals surface area (Å²) in [5, 5.41) is 12.3. The van der Waals surface area contributed by atoms with Crippen LogP contribution in [-0.4, -0.2) is 45.8 Å². The van der Waals surface area contributed by atoms with Crippen LogP contribution in [0, 0.1) is 13.8 Å². The zero-order valence-electron chi connectivity index (χ0n) is 19.6. The van der Waals surface area contributed by atoms with E-state index in [1.54, 1.807) is 26.1 Å². The molecule has 0 bridgehead atoms. The van der Waals surface area contributed by atoms with E-state index in [1.807, 2.05) is 12.1 Å². The predicted octanol–water partition coefficient (Wildman–Crippen LogP) is 5.42. The van der Waals surface area contributed by atoms with Crippen molar-refractivity contribution in [3.8, 4) is 0 Å². The maximum Gasteiger partial charge on any atom is 0.416 e. The molecule has 0 radical (unpaired) electrons. The monoisotopic (exact) mass is 487 g/mol. The van der Waals surface area contributed by atoms with Crippen molar-refractivity contribution in [1.82, 2.24) is 20.1 Å². The van der Waals surface area contributed by atoms with E-state index < -0.39 is 30.4 Å². The van der Waals surface area contributed by atoms with Crippen LogP contribution in [0.1, 0.15) is 47.3 Å². The number of halogens is 4. The quantitative estimate of drug-likeness (QED) is 0.487. The van der Waals surface area contributed by atoms with Gasteiger partial charge in [0.1, 0.15) is 0 Å². The Hall–Kier alpha value is -3.56. The molecule has 1 atom stereocenters. The van der Waals surface area contributed by atoms with Gasteiger partial charge in [0.2, 0.25) is 0 Å². The Morgan fingerprint density at radius 2 is 2.00 bits per heavy atom. The number of alkyl halides is 4. The molecule has 0 spiro atoms. The summed E-state index contributed by atoms with van der Waals surface area (Å²) in [4.78, 5) is 17.6. The van der Waals surface area contributed by atoms with Crippen molar-refractivity contribution < 1.29 is 22.4 Å². The highest BCUT2D eigenvalue weighted by atomic mass is 19.4. The van der Waals surface area contributed by atoms with Crippen LogP contribution < -0.4 is 5.32 Å². The molecule has 0 unspecified atom stereocenters. The number of rotatable bonds is 5. The van der Waals surface area contributed by atoms with Gasteiger partial charge in [-0.25, -0.2) is 4.39 Å². The van der Waals surface area contributed by atoms with E-state index in [9.17, 15) is 22.4 Å². The van der Waals surface area contributed by atoms with Crippen molar-refractivity contribution in [2.24, 2.45) is 0 Å². The zero-order valence-corrected chi connectivity index (χ0v) is 19.6. The van der Waals surface area contributed by atoms with Crippen molar-refractivity contribution in [1.29, 1.82) is 0 Å². The van der Waals surface area contributed by atoms with Gasteiger partial charge in [-0.2, -0.15) is 18.3 Å². The molecular formula is C25H25F4N5O. The molecule has 0 fully saturated rings. The van der Waals surface area contributed by atoms with Crippen molar-refractivity contribution in [2.75, 3.05) is 25.1 Å². The van der Waals surface area contributed by atoms with Crippen molar-refractivity contribution in [3.63, 3.8) is 0 Å². The first-order valence-corrected chi connectivity index (χ1v) is 11.2. The van der Waals surface area contributed by atoms with Crippen LogP contribution in [0.5, 0.6) is 0 Å². The number of amides is 1. The third-order valence-corrected chi connectivity index (χ3v) is 6.33. The lowest BCUT2D eigenvalue weighted by atomic mass is 9.97. The number of nitrogens with one attached hydrogen (secondary N) is 1. The maximum absolute atomic E-state index is 13.4. The number of aryl methyl sites for hydroxylation is 1. The van der Waals surface area contributed by atoms with Crippen LogP contribution in [-0.2, 0) is 11.0 Å². The highest BCUT2D eigenvalue weighted by Gasteiger charge is 2.33. The smallest absolute Gasteiger partial charge is 0.361 e. The third kappa shape index (κ3) is 4.96. The molecule has 1 aliphatic rings. The third-order valence-electron chi connectivity index (χ3n) is 6.33. The van der Waals surface area contributed by atoms with Crippen LogP contribution in [0.15, 0.2) is 36.5 Å². The van der Waals surface area contributed by atoms with Gasteiger partial charge < -0.3 is 10.2 Å². The second-order valence-corrected chi connectivity index (χ2v) is 8.59. The molecule has 1 aromatic carbocycles. The van der Waals surface area contributed by atoms with Gasteiger partial charge >= 0.3 is 6.18 Å². The van der Waals surface area contributed by atoms with Gasteiger partial charge in [-0.05, 0) is 61.6 Å². The van der Waals surface area contributed by atoms with Crippen LogP contribution in [0.3, 0.4) is 0 Å². The molecule has 3 aromatic rings. The summed E-state index contributed by atoms with van der Waals surface area (Å²) >= 11 is 0. The lowest BCUT2D eigenvalue weighted by molar-refractivity contribution is -0.138. The number of fused-ring (bicyclic) bond motifs is 1. The number of aromatic nitrogens is 3. The van der Waals surface area contributed by atoms with Crippen molar-refractivity contribution in [3.05, 3.63) is 64.5 Å². The highest BCUT2D eigenvalue weighted by molar-refractivity contribution is 5.92. The molecule has 1 amide bonds. The van der Waals surface area contributed by atoms with Gasteiger partial charge in [0.15, 0.2) is 12.5 Å². The Morgan fingerprint density at radius 1 is 1.23 bits per heavy atom. The molecule has 3 heterocycles. The molecule has 1 N–H and O–H groups in total.